The fraction of sp³-hybridized carbons (Fsp3) is 0.636. The molecule has 2 atom stereocenters. The van der Waals surface area contributed by atoms with Crippen LogP contribution in [0.2, 0.25) is 0 Å². The molecule has 0 fully saturated rings. The van der Waals surface area contributed by atoms with Crippen molar-refractivity contribution in [3.63, 3.8) is 0 Å². The quantitative estimate of drug-likeness (QED) is 0.773. The number of hydrogen-bond acceptors (Lipinski definition) is 3. The molecule has 1 rings (SSSR count). The van der Waals surface area contributed by atoms with Gasteiger partial charge in [0.25, 0.3) is 0 Å². The van der Waals surface area contributed by atoms with Gasteiger partial charge in [-0.25, -0.2) is 9.97 Å². The van der Waals surface area contributed by atoms with Gasteiger partial charge in [-0.1, -0.05) is 36.7 Å². The van der Waals surface area contributed by atoms with Crippen molar-refractivity contribution in [3.8, 4) is 5.88 Å². The third-order valence-corrected chi connectivity index (χ3v) is 3.07. The number of nitrogens with zero attached hydrogens (tertiary/aromatic N) is 2. The molecule has 84 valence electrons. The summed E-state index contributed by atoms with van der Waals surface area (Å²) >= 11 is 3.55. The first-order valence-electron chi connectivity index (χ1n) is 5.24. The molecule has 0 aliphatic rings. The van der Waals surface area contributed by atoms with Crippen LogP contribution in [0.1, 0.15) is 38.8 Å². The monoisotopic (exact) mass is 272 g/mol. The van der Waals surface area contributed by atoms with Crippen LogP contribution in [0.25, 0.3) is 0 Å². The standard InChI is InChI=1S/C11H17BrN2O/c1-4-5-15-11-6-10(13-7-14-11)8(2)9(3)12/h6-9H,4-5H2,1-3H3. The first-order chi connectivity index (χ1) is 7.15. The van der Waals surface area contributed by atoms with Crippen molar-refractivity contribution in [2.24, 2.45) is 0 Å². The molecule has 3 nitrogen and oxygen atoms in total. The van der Waals surface area contributed by atoms with Gasteiger partial charge in [0, 0.05) is 16.8 Å². The summed E-state index contributed by atoms with van der Waals surface area (Å²) in [7, 11) is 0. The van der Waals surface area contributed by atoms with E-state index in [1.165, 1.54) is 0 Å². The Bertz CT molecular complexity index is 304. The molecule has 4 heteroatoms. The lowest BCUT2D eigenvalue weighted by Crippen LogP contribution is -2.08. The van der Waals surface area contributed by atoms with Crippen LogP contribution < -0.4 is 4.74 Å². The van der Waals surface area contributed by atoms with Crippen LogP contribution in [-0.2, 0) is 0 Å². The van der Waals surface area contributed by atoms with Gasteiger partial charge in [0.2, 0.25) is 5.88 Å². The van der Waals surface area contributed by atoms with Crippen molar-refractivity contribution >= 4 is 15.9 Å². The van der Waals surface area contributed by atoms with E-state index in [-0.39, 0.29) is 0 Å². The minimum atomic E-state index is 0.358. The lowest BCUT2D eigenvalue weighted by Gasteiger charge is -2.13. The lowest BCUT2D eigenvalue weighted by atomic mass is 10.1. The second kappa shape index (κ2) is 6.05. The highest BCUT2D eigenvalue weighted by Gasteiger charge is 2.13. The summed E-state index contributed by atoms with van der Waals surface area (Å²) in [5, 5.41) is 0. The molecule has 0 amide bonds. The molecule has 1 heterocycles. The van der Waals surface area contributed by atoms with Gasteiger partial charge in [0.15, 0.2) is 0 Å². The maximum absolute atomic E-state index is 5.46. The van der Waals surface area contributed by atoms with Crippen LogP contribution in [0.15, 0.2) is 12.4 Å². The van der Waals surface area contributed by atoms with E-state index < -0.39 is 0 Å². The molecule has 0 aliphatic heterocycles. The summed E-state index contributed by atoms with van der Waals surface area (Å²) in [5.41, 5.74) is 1.01. The van der Waals surface area contributed by atoms with Gasteiger partial charge in [-0.3, -0.25) is 0 Å². The van der Waals surface area contributed by atoms with E-state index in [4.69, 9.17) is 4.74 Å². The van der Waals surface area contributed by atoms with Gasteiger partial charge in [0.05, 0.1) is 12.3 Å². The predicted molar refractivity (Wildman–Crippen MR) is 64.6 cm³/mol. The minimum absolute atomic E-state index is 0.358. The highest BCUT2D eigenvalue weighted by molar-refractivity contribution is 9.09. The largest absolute Gasteiger partial charge is 0.478 e. The number of rotatable bonds is 5. The summed E-state index contributed by atoms with van der Waals surface area (Å²) in [5.74, 6) is 1.03. The van der Waals surface area contributed by atoms with E-state index in [1.54, 1.807) is 6.33 Å². The van der Waals surface area contributed by atoms with E-state index in [1.807, 2.05) is 6.07 Å². The molecule has 0 saturated heterocycles. The van der Waals surface area contributed by atoms with Crippen LogP contribution in [0.4, 0.5) is 0 Å². The smallest absolute Gasteiger partial charge is 0.216 e. The number of aromatic nitrogens is 2. The molecule has 1 aromatic rings. The van der Waals surface area contributed by atoms with Crippen LogP contribution in [0.3, 0.4) is 0 Å². The normalized spacial score (nSPS) is 14.7. The lowest BCUT2D eigenvalue weighted by molar-refractivity contribution is 0.304. The summed E-state index contributed by atoms with van der Waals surface area (Å²) < 4.78 is 5.46. The Morgan fingerprint density at radius 2 is 2.13 bits per heavy atom. The van der Waals surface area contributed by atoms with Crippen molar-refractivity contribution in [2.75, 3.05) is 6.61 Å². The van der Waals surface area contributed by atoms with Crippen LogP contribution in [-0.4, -0.2) is 21.4 Å². The molecule has 2 unspecified atom stereocenters. The Labute approximate surface area is 99.4 Å². The predicted octanol–water partition coefficient (Wildman–Crippen LogP) is 3.15. The van der Waals surface area contributed by atoms with Crippen LogP contribution >= 0.6 is 15.9 Å². The molecule has 0 spiro atoms. The van der Waals surface area contributed by atoms with Gasteiger partial charge in [-0.05, 0) is 6.42 Å². The molecule has 0 saturated carbocycles. The first-order valence-corrected chi connectivity index (χ1v) is 6.15. The van der Waals surface area contributed by atoms with Gasteiger partial charge in [0.1, 0.15) is 6.33 Å². The van der Waals surface area contributed by atoms with Crippen molar-refractivity contribution in [1.82, 2.24) is 9.97 Å². The topological polar surface area (TPSA) is 35.0 Å². The second-order valence-electron chi connectivity index (χ2n) is 3.60. The number of alkyl halides is 1. The second-order valence-corrected chi connectivity index (χ2v) is 5.04. The fourth-order valence-corrected chi connectivity index (χ4v) is 1.39. The summed E-state index contributed by atoms with van der Waals surface area (Å²) in [6.07, 6.45) is 2.55. The molecular weight excluding hydrogens is 256 g/mol. The van der Waals surface area contributed by atoms with Gasteiger partial charge >= 0.3 is 0 Å². The van der Waals surface area contributed by atoms with Crippen molar-refractivity contribution in [3.05, 3.63) is 18.1 Å². The number of halogens is 1. The Morgan fingerprint density at radius 3 is 2.73 bits per heavy atom. The maximum atomic E-state index is 5.46. The van der Waals surface area contributed by atoms with Crippen LogP contribution in [0.5, 0.6) is 5.88 Å². The minimum Gasteiger partial charge on any atom is -0.478 e. The summed E-state index contributed by atoms with van der Waals surface area (Å²) in [4.78, 5) is 8.71. The highest BCUT2D eigenvalue weighted by Crippen LogP contribution is 2.23. The molecule has 0 bridgehead atoms. The SMILES string of the molecule is CCCOc1cc(C(C)C(C)Br)ncn1. The van der Waals surface area contributed by atoms with Crippen molar-refractivity contribution < 1.29 is 4.74 Å². The fourth-order valence-electron chi connectivity index (χ4n) is 1.12. The molecule has 0 N–H and O–H groups in total. The third kappa shape index (κ3) is 3.78. The molecule has 1 aromatic heterocycles. The van der Waals surface area contributed by atoms with Crippen LogP contribution in [0, 0.1) is 0 Å². The number of ether oxygens (including phenoxy) is 1. The Morgan fingerprint density at radius 1 is 1.40 bits per heavy atom. The zero-order valence-corrected chi connectivity index (χ0v) is 11.0. The summed E-state index contributed by atoms with van der Waals surface area (Å²) in [6, 6.07) is 1.91. The number of hydrogen-bond donors (Lipinski definition) is 0. The zero-order valence-electron chi connectivity index (χ0n) is 9.40. The summed E-state index contributed by atoms with van der Waals surface area (Å²) in [6.45, 7) is 7.02. The van der Waals surface area contributed by atoms with Gasteiger partial charge < -0.3 is 4.74 Å². The van der Waals surface area contributed by atoms with Gasteiger partial charge in [-0.2, -0.15) is 0 Å². The molecule has 0 aromatic carbocycles. The average molecular weight is 273 g/mol. The van der Waals surface area contributed by atoms with E-state index in [9.17, 15) is 0 Å². The Balaban J connectivity index is 2.73. The van der Waals surface area contributed by atoms with E-state index in [0.29, 0.717) is 23.2 Å². The van der Waals surface area contributed by atoms with E-state index in [2.05, 4.69) is 46.7 Å². The maximum Gasteiger partial charge on any atom is 0.216 e. The van der Waals surface area contributed by atoms with E-state index in [0.717, 1.165) is 12.1 Å². The van der Waals surface area contributed by atoms with Crippen molar-refractivity contribution in [2.45, 2.75) is 37.9 Å². The molecule has 0 aliphatic carbocycles. The third-order valence-electron chi connectivity index (χ3n) is 2.27. The van der Waals surface area contributed by atoms with Crippen molar-refractivity contribution in [1.29, 1.82) is 0 Å². The Hall–Kier alpha value is -0.640. The van der Waals surface area contributed by atoms with E-state index >= 15 is 0 Å². The molecular formula is C11H17BrN2O. The molecule has 0 radical (unpaired) electrons. The molecule has 15 heavy (non-hydrogen) atoms. The highest BCUT2D eigenvalue weighted by atomic mass is 79.9. The Kier molecular flexibility index (Phi) is 5.02. The average Bonchev–Trinajstić information content (AvgIpc) is 2.25. The first kappa shape index (κ1) is 12.4. The van der Waals surface area contributed by atoms with Gasteiger partial charge in [-0.15, -0.1) is 0 Å². The zero-order chi connectivity index (χ0) is 11.3.